The highest BCUT2D eigenvalue weighted by atomic mass is 32.1. The minimum Gasteiger partial charge on any atom is -0.504 e. The molecule has 1 atom stereocenters. The molecular formula is C21H14FNO6S. The van der Waals surface area contributed by atoms with Gasteiger partial charge in [0.15, 0.2) is 5.76 Å². The Morgan fingerprint density at radius 3 is 2.23 bits per heavy atom. The molecule has 1 unspecified atom stereocenters. The van der Waals surface area contributed by atoms with Gasteiger partial charge in [0.2, 0.25) is 11.4 Å². The van der Waals surface area contributed by atoms with Crippen LogP contribution in [0.4, 0.5) is 10.1 Å². The molecule has 1 aliphatic rings. The van der Waals surface area contributed by atoms with Gasteiger partial charge in [-0.25, -0.2) is 9.18 Å². The summed E-state index contributed by atoms with van der Waals surface area (Å²) in [6.45, 7) is 1.90. The maximum absolute atomic E-state index is 15.0. The number of rotatable bonds is 4. The molecule has 4 rings (SSSR count). The molecule has 0 bridgehead atoms. The molecule has 0 amide bonds. The number of halogens is 1. The molecule has 7 nitrogen and oxygen atoms in total. The van der Waals surface area contributed by atoms with E-state index in [9.17, 15) is 29.5 Å². The third kappa shape index (κ3) is 2.91. The second-order valence-electron chi connectivity index (χ2n) is 6.68. The van der Waals surface area contributed by atoms with Crippen molar-refractivity contribution in [1.82, 2.24) is 0 Å². The summed E-state index contributed by atoms with van der Waals surface area (Å²) in [4.78, 5) is 24.0. The molecular weight excluding hydrogens is 413 g/mol. The van der Waals surface area contributed by atoms with Crippen LogP contribution in [0.25, 0.3) is 10.4 Å². The number of aliphatic hydroxyl groups excluding tert-OH is 2. The Balaban J connectivity index is 1.89. The average molecular weight is 427 g/mol. The van der Waals surface area contributed by atoms with Crippen LogP contribution in [0.2, 0.25) is 0 Å². The van der Waals surface area contributed by atoms with Gasteiger partial charge in [-0.05, 0) is 37.3 Å². The van der Waals surface area contributed by atoms with Gasteiger partial charge in [0.1, 0.15) is 5.82 Å². The van der Waals surface area contributed by atoms with Crippen LogP contribution in [0.5, 0.6) is 0 Å². The van der Waals surface area contributed by atoms with Crippen molar-refractivity contribution in [2.75, 3.05) is 0 Å². The largest absolute Gasteiger partial charge is 0.504 e. The van der Waals surface area contributed by atoms with Gasteiger partial charge in [-0.1, -0.05) is 12.1 Å². The van der Waals surface area contributed by atoms with Crippen LogP contribution in [-0.2, 0) is 15.1 Å². The third-order valence-electron chi connectivity index (χ3n) is 4.86. The maximum atomic E-state index is 15.0. The number of ether oxygens (including phenoxy) is 1. The van der Waals surface area contributed by atoms with Gasteiger partial charge in [0, 0.05) is 38.6 Å². The SMILES string of the molecule is Cc1ccc(-c2ccc(C3(c4ccc([N+](=O)[O-])cc4)OC(=O)C(O)=C3O)cc2F)s1. The van der Waals surface area contributed by atoms with Crippen molar-refractivity contribution in [2.24, 2.45) is 0 Å². The van der Waals surface area contributed by atoms with E-state index in [2.05, 4.69) is 0 Å². The van der Waals surface area contributed by atoms with Gasteiger partial charge in [-0.2, -0.15) is 0 Å². The van der Waals surface area contributed by atoms with Crippen molar-refractivity contribution >= 4 is 23.0 Å². The predicted octanol–water partition coefficient (Wildman–Crippen LogP) is 4.90. The summed E-state index contributed by atoms with van der Waals surface area (Å²) in [5.74, 6) is -3.64. The highest BCUT2D eigenvalue weighted by molar-refractivity contribution is 7.15. The maximum Gasteiger partial charge on any atom is 0.378 e. The number of hydrogen-bond acceptors (Lipinski definition) is 7. The number of aryl methyl sites for hydroxylation is 1. The molecule has 2 aromatic carbocycles. The summed E-state index contributed by atoms with van der Waals surface area (Å²) in [6, 6.07) is 12.6. The molecule has 0 saturated heterocycles. The second-order valence-corrected chi connectivity index (χ2v) is 7.96. The Hall–Kier alpha value is -3.72. The lowest BCUT2D eigenvalue weighted by Crippen LogP contribution is -2.31. The number of esters is 1. The van der Waals surface area contributed by atoms with Crippen LogP contribution >= 0.6 is 11.3 Å². The number of hydrogen-bond donors (Lipinski definition) is 2. The summed E-state index contributed by atoms with van der Waals surface area (Å²) < 4.78 is 20.3. The normalized spacial score (nSPS) is 18.5. The molecule has 30 heavy (non-hydrogen) atoms. The smallest absolute Gasteiger partial charge is 0.378 e. The van der Waals surface area contributed by atoms with Gasteiger partial charge in [0.25, 0.3) is 5.69 Å². The molecule has 1 aromatic heterocycles. The summed E-state index contributed by atoms with van der Waals surface area (Å²) in [5.41, 5.74) is -1.77. The van der Waals surface area contributed by atoms with Crippen LogP contribution in [0, 0.1) is 22.9 Å². The van der Waals surface area contributed by atoms with Gasteiger partial charge >= 0.3 is 5.97 Å². The summed E-state index contributed by atoms with van der Waals surface area (Å²) in [5, 5.41) is 31.4. The Kier molecular flexibility index (Phi) is 4.54. The fourth-order valence-corrected chi connectivity index (χ4v) is 4.28. The molecule has 1 aliphatic heterocycles. The molecule has 0 spiro atoms. The summed E-state index contributed by atoms with van der Waals surface area (Å²) >= 11 is 1.41. The van der Waals surface area contributed by atoms with Gasteiger partial charge < -0.3 is 14.9 Å². The Bertz CT molecular complexity index is 1220. The van der Waals surface area contributed by atoms with Crippen molar-refractivity contribution in [2.45, 2.75) is 12.5 Å². The molecule has 0 radical (unpaired) electrons. The van der Waals surface area contributed by atoms with E-state index in [0.717, 1.165) is 23.1 Å². The van der Waals surface area contributed by atoms with E-state index in [0.29, 0.717) is 10.4 Å². The summed E-state index contributed by atoms with van der Waals surface area (Å²) in [7, 11) is 0. The first-order valence-electron chi connectivity index (χ1n) is 8.72. The average Bonchev–Trinajstić information content (AvgIpc) is 3.25. The van der Waals surface area contributed by atoms with E-state index >= 15 is 0 Å². The monoisotopic (exact) mass is 427 g/mol. The predicted molar refractivity (Wildman–Crippen MR) is 107 cm³/mol. The van der Waals surface area contributed by atoms with Crippen LogP contribution in [0.15, 0.2) is 66.1 Å². The number of benzene rings is 2. The zero-order valence-electron chi connectivity index (χ0n) is 15.5. The number of carbonyl (C=O) groups excluding carboxylic acids is 1. The van der Waals surface area contributed by atoms with Gasteiger partial charge in [-0.3, -0.25) is 10.1 Å². The molecule has 2 N–H and O–H groups in total. The number of carbonyl (C=O) groups is 1. The van der Waals surface area contributed by atoms with E-state index in [-0.39, 0.29) is 16.8 Å². The fourth-order valence-electron chi connectivity index (χ4n) is 3.39. The van der Waals surface area contributed by atoms with E-state index in [1.54, 1.807) is 6.07 Å². The lowest BCUT2D eigenvalue weighted by Gasteiger charge is -2.29. The van der Waals surface area contributed by atoms with E-state index in [1.807, 2.05) is 13.0 Å². The lowest BCUT2D eigenvalue weighted by molar-refractivity contribution is -0.384. The first kappa shape index (κ1) is 19.6. The molecule has 0 aliphatic carbocycles. The Morgan fingerprint density at radius 1 is 1.07 bits per heavy atom. The number of cyclic esters (lactones) is 1. The Labute approximate surface area is 173 Å². The van der Waals surface area contributed by atoms with E-state index in [1.165, 1.54) is 35.6 Å². The lowest BCUT2D eigenvalue weighted by atomic mass is 9.84. The van der Waals surface area contributed by atoms with Crippen LogP contribution < -0.4 is 0 Å². The van der Waals surface area contributed by atoms with Gasteiger partial charge in [-0.15, -0.1) is 11.3 Å². The standard InChI is InChI=1S/C21H14FNO6S/c1-11-2-9-17(30-11)15-8-5-13(10-16(15)22)21(19(25)18(24)20(26)29-21)12-3-6-14(7-4-12)23(27)28/h2-10,24-25H,1H3. The number of aliphatic hydroxyl groups is 2. The number of nitro benzene ring substituents is 1. The zero-order valence-corrected chi connectivity index (χ0v) is 16.3. The fraction of sp³-hybridized carbons (Fsp3) is 0.0952. The third-order valence-corrected chi connectivity index (χ3v) is 5.90. The van der Waals surface area contributed by atoms with Crippen molar-refractivity contribution in [3.63, 3.8) is 0 Å². The molecule has 3 aromatic rings. The zero-order chi connectivity index (χ0) is 21.6. The Morgan fingerprint density at radius 2 is 1.73 bits per heavy atom. The van der Waals surface area contributed by atoms with E-state index in [4.69, 9.17) is 4.74 Å². The number of non-ortho nitro benzene ring substituents is 1. The number of thiophene rings is 1. The molecule has 9 heteroatoms. The van der Waals surface area contributed by atoms with Crippen LogP contribution in [0.3, 0.4) is 0 Å². The first-order chi connectivity index (χ1) is 14.2. The van der Waals surface area contributed by atoms with Crippen LogP contribution in [0.1, 0.15) is 16.0 Å². The van der Waals surface area contributed by atoms with Crippen molar-refractivity contribution in [1.29, 1.82) is 0 Å². The van der Waals surface area contributed by atoms with Crippen molar-refractivity contribution in [3.8, 4) is 10.4 Å². The number of nitrogens with zero attached hydrogens (tertiary/aromatic N) is 1. The quantitative estimate of drug-likeness (QED) is 0.348. The highest BCUT2D eigenvalue weighted by Crippen LogP contribution is 2.46. The van der Waals surface area contributed by atoms with Crippen molar-refractivity contribution in [3.05, 3.63) is 98.1 Å². The topological polar surface area (TPSA) is 110 Å². The molecule has 152 valence electrons. The highest BCUT2D eigenvalue weighted by Gasteiger charge is 2.52. The summed E-state index contributed by atoms with van der Waals surface area (Å²) in [6.07, 6.45) is 0. The molecule has 0 saturated carbocycles. The molecule has 0 fully saturated rings. The van der Waals surface area contributed by atoms with Crippen molar-refractivity contribution < 1.29 is 29.1 Å². The minimum absolute atomic E-state index is 0.0424. The van der Waals surface area contributed by atoms with Gasteiger partial charge in [0.05, 0.1) is 4.92 Å². The first-order valence-corrected chi connectivity index (χ1v) is 9.53. The van der Waals surface area contributed by atoms with E-state index < -0.39 is 33.8 Å². The second kappa shape index (κ2) is 6.96. The molecule has 2 heterocycles. The minimum atomic E-state index is -2.03. The van der Waals surface area contributed by atoms with Crippen LogP contribution in [-0.4, -0.2) is 21.1 Å². The number of nitro groups is 1.